The first-order valence-corrected chi connectivity index (χ1v) is 14.2. The third kappa shape index (κ3) is 9.83. The van der Waals surface area contributed by atoms with Crippen LogP contribution in [0.15, 0.2) is 65.4 Å². The van der Waals surface area contributed by atoms with Gasteiger partial charge >= 0.3 is 12.2 Å². The van der Waals surface area contributed by atoms with Crippen molar-refractivity contribution in [3.8, 4) is 0 Å². The number of rotatable bonds is 12. The van der Waals surface area contributed by atoms with E-state index in [0.29, 0.717) is 19.5 Å². The molecule has 2 heterocycles. The van der Waals surface area contributed by atoms with Gasteiger partial charge in [-0.15, -0.1) is 22.7 Å². The van der Waals surface area contributed by atoms with Gasteiger partial charge in [0.25, 0.3) is 0 Å². The lowest BCUT2D eigenvalue weighted by Gasteiger charge is -2.29. The molecule has 2 aromatic heterocycles. The number of carbonyl (C=O) groups excluding carboxylic acids is 2. The molecule has 0 unspecified atom stereocenters. The third-order valence-corrected chi connectivity index (χ3v) is 7.28. The van der Waals surface area contributed by atoms with Crippen LogP contribution in [-0.4, -0.2) is 51.2 Å². The van der Waals surface area contributed by atoms with Gasteiger partial charge < -0.3 is 25.0 Å². The predicted octanol–water partition coefficient (Wildman–Crippen LogP) is 6.19. The summed E-state index contributed by atoms with van der Waals surface area (Å²) in [6, 6.07) is 16.3. The second-order valence-corrected chi connectivity index (χ2v) is 11.9. The van der Waals surface area contributed by atoms with Crippen LogP contribution >= 0.6 is 22.7 Å². The maximum atomic E-state index is 13.8. The minimum atomic E-state index is -1.03. The van der Waals surface area contributed by atoms with Gasteiger partial charge in [0.2, 0.25) is 5.91 Å². The van der Waals surface area contributed by atoms with Gasteiger partial charge in [-0.1, -0.05) is 42.5 Å². The molecular formula is C28H35N3O5S2. The minimum Gasteiger partial charge on any atom is -0.465 e. The molecule has 2 N–H and O–H groups in total. The van der Waals surface area contributed by atoms with Crippen LogP contribution in [0, 0.1) is 0 Å². The summed E-state index contributed by atoms with van der Waals surface area (Å²) in [6.45, 7) is 6.58. The SMILES string of the molecule is CC(C)(C)OC(=O)N[C@@H](CCCN(Cc1ccccc1)C(=O)O)C(=O)N(Cc1cccs1)Cc1cccs1. The van der Waals surface area contributed by atoms with Crippen LogP contribution in [0.4, 0.5) is 9.59 Å². The Balaban J connectivity index is 1.74. The fourth-order valence-corrected chi connectivity index (χ4v) is 5.29. The third-order valence-electron chi connectivity index (χ3n) is 5.56. The molecule has 0 aliphatic rings. The van der Waals surface area contributed by atoms with Crippen LogP contribution < -0.4 is 5.32 Å². The molecular weight excluding hydrogens is 522 g/mol. The van der Waals surface area contributed by atoms with Crippen LogP contribution in [0.25, 0.3) is 0 Å². The molecule has 3 aromatic rings. The normalized spacial score (nSPS) is 12.0. The maximum Gasteiger partial charge on any atom is 0.408 e. The molecule has 1 aromatic carbocycles. The van der Waals surface area contributed by atoms with E-state index in [2.05, 4.69) is 5.32 Å². The molecule has 0 radical (unpaired) electrons. The van der Waals surface area contributed by atoms with Gasteiger partial charge in [-0.05, 0) is 62.1 Å². The monoisotopic (exact) mass is 557 g/mol. The molecule has 8 nitrogen and oxygen atoms in total. The van der Waals surface area contributed by atoms with Crippen LogP contribution in [0.5, 0.6) is 0 Å². The molecule has 0 aliphatic carbocycles. The summed E-state index contributed by atoms with van der Waals surface area (Å²) in [6.07, 6.45) is -1.06. The number of nitrogens with zero attached hydrogens (tertiary/aromatic N) is 2. The van der Waals surface area contributed by atoms with E-state index in [1.165, 1.54) is 4.90 Å². The molecule has 0 bridgehead atoms. The highest BCUT2D eigenvalue weighted by Gasteiger charge is 2.29. The van der Waals surface area contributed by atoms with Gasteiger partial charge in [-0.3, -0.25) is 4.79 Å². The zero-order valence-corrected chi connectivity index (χ0v) is 23.6. The van der Waals surface area contributed by atoms with E-state index in [4.69, 9.17) is 4.74 Å². The molecule has 38 heavy (non-hydrogen) atoms. The van der Waals surface area contributed by atoms with Crippen LogP contribution in [-0.2, 0) is 29.2 Å². The average Bonchev–Trinajstić information content (AvgIpc) is 3.56. The second-order valence-electron chi connectivity index (χ2n) is 9.88. The van der Waals surface area contributed by atoms with Crippen LogP contribution in [0.1, 0.15) is 48.9 Å². The second kappa shape index (κ2) is 14.0. The standard InChI is InChI=1S/C28H35N3O5S2/c1-28(2,3)36-26(33)29-24(14-7-15-30(27(34)35)18-21-10-5-4-6-11-21)25(32)31(19-22-12-8-16-37-22)20-23-13-9-17-38-23/h4-6,8-13,16-17,24H,7,14-15,18-20H2,1-3H3,(H,29,33)(H,34,35)/t24-/m0/s1. The topological polar surface area (TPSA) is 99.2 Å². The van der Waals surface area contributed by atoms with Crippen molar-refractivity contribution in [2.24, 2.45) is 0 Å². The van der Waals surface area contributed by atoms with Crippen molar-refractivity contribution in [1.82, 2.24) is 15.1 Å². The molecule has 204 valence electrons. The van der Waals surface area contributed by atoms with Crippen LogP contribution in [0.3, 0.4) is 0 Å². The van der Waals surface area contributed by atoms with E-state index >= 15 is 0 Å². The molecule has 0 saturated carbocycles. The number of benzene rings is 1. The number of amides is 3. The lowest BCUT2D eigenvalue weighted by molar-refractivity contribution is -0.134. The van der Waals surface area contributed by atoms with Crippen molar-refractivity contribution in [3.05, 3.63) is 80.7 Å². The Morgan fingerprint density at radius 3 is 2.00 bits per heavy atom. The lowest BCUT2D eigenvalue weighted by Crippen LogP contribution is -2.49. The molecule has 0 fully saturated rings. The molecule has 3 rings (SSSR count). The number of nitrogens with one attached hydrogen (secondary N) is 1. The first kappa shape index (κ1) is 29.2. The summed E-state index contributed by atoms with van der Waals surface area (Å²) in [5.41, 5.74) is 0.161. The van der Waals surface area contributed by atoms with Gasteiger partial charge in [0.1, 0.15) is 11.6 Å². The van der Waals surface area contributed by atoms with E-state index in [1.54, 1.807) is 48.3 Å². The molecule has 10 heteroatoms. The summed E-state index contributed by atoms with van der Waals surface area (Å²) in [5, 5.41) is 16.4. The molecule has 0 spiro atoms. The fourth-order valence-electron chi connectivity index (χ4n) is 3.85. The van der Waals surface area contributed by atoms with Gasteiger partial charge in [-0.2, -0.15) is 0 Å². The summed E-state index contributed by atoms with van der Waals surface area (Å²) >= 11 is 3.13. The van der Waals surface area contributed by atoms with E-state index in [0.717, 1.165) is 15.3 Å². The zero-order valence-electron chi connectivity index (χ0n) is 22.0. The van der Waals surface area contributed by atoms with Crippen molar-refractivity contribution >= 4 is 40.8 Å². The highest BCUT2D eigenvalue weighted by atomic mass is 32.1. The van der Waals surface area contributed by atoms with Crippen molar-refractivity contribution in [3.63, 3.8) is 0 Å². The lowest BCUT2D eigenvalue weighted by atomic mass is 10.1. The van der Waals surface area contributed by atoms with Crippen molar-refractivity contribution < 1.29 is 24.2 Å². The molecule has 0 aliphatic heterocycles. The van der Waals surface area contributed by atoms with E-state index in [9.17, 15) is 19.5 Å². The summed E-state index contributed by atoms with van der Waals surface area (Å²) < 4.78 is 5.43. The Kier molecular flexibility index (Phi) is 10.7. The Labute approximate surface area is 231 Å². The van der Waals surface area contributed by atoms with Crippen molar-refractivity contribution in [2.45, 2.75) is 64.9 Å². The number of hydrogen-bond donors (Lipinski definition) is 2. The first-order valence-electron chi connectivity index (χ1n) is 12.5. The number of hydrogen-bond acceptors (Lipinski definition) is 6. The van der Waals surface area contributed by atoms with Crippen molar-refractivity contribution in [1.29, 1.82) is 0 Å². The quantitative estimate of drug-likeness (QED) is 0.277. The molecule has 1 atom stereocenters. The Hall–Kier alpha value is -3.37. The molecule has 0 saturated heterocycles. The Morgan fingerprint density at radius 1 is 0.895 bits per heavy atom. The largest absolute Gasteiger partial charge is 0.465 e. The predicted molar refractivity (Wildman–Crippen MR) is 150 cm³/mol. The van der Waals surface area contributed by atoms with Gasteiger partial charge in [0.05, 0.1) is 13.1 Å². The summed E-state index contributed by atoms with van der Waals surface area (Å²) in [5.74, 6) is -0.234. The summed E-state index contributed by atoms with van der Waals surface area (Å²) in [7, 11) is 0. The number of thiophene rings is 2. The maximum absolute atomic E-state index is 13.8. The summed E-state index contributed by atoms with van der Waals surface area (Å²) in [4.78, 5) is 43.5. The van der Waals surface area contributed by atoms with E-state index in [1.807, 2.05) is 65.4 Å². The Bertz CT molecular complexity index is 1110. The smallest absolute Gasteiger partial charge is 0.408 e. The van der Waals surface area contributed by atoms with Gasteiger partial charge in [0.15, 0.2) is 0 Å². The first-order chi connectivity index (χ1) is 18.1. The van der Waals surface area contributed by atoms with Crippen molar-refractivity contribution in [2.75, 3.05) is 6.54 Å². The van der Waals surface area contributed by atoms with Gasteiger partial charge in [0, 0.05) is 22.8 Å². The number of alkyl carbamates (subject to hydrolysis) is 1. The Morgan fingerprint density at radius 2 is 1.50 bits per heavy atom. The number of carboxylic acid groups (broad SMARTS) is 1. The highest BCUT2D eigenvalue weighted by Crippen LogP contribution is 2.20. The zero-order chi connectivity index (χ0) is 27.5. The fraction of sp³-hybridized carbons (Fsp3) is 0.393. The number of carbonyl (C=O) groups is 3. The average molecular weight is 558 g/mol. The van der Waals surface area contributed by atoms with E-state index < -0.39 is 23.8 Å². The van der Waals surface area contributed by atoms with Gasteiger partial charge in [-0.25, -0.2) is 9.59 Å². The van der Waals surface area contributed by atoms with Crippen LogP contribution in [0.2, 0.25) is 0 Å². The number of ether oxygens (including phenoxy) is 1. The highest BCUT2D eigenvalue weighted by molar-refractivity contribution is 7.10. The minimum absolute atomic E-state index is 0.222. The van der Waals surface area contributed by atoms with E-state index in [-0.39, 0.29) is 25.4 Å². The molecule has 3 amide bonds.